The van der Waals surface area contributed by atoms with Crippen molar-refractivity contribution in [3.63, 3.8) is 0 Å². The van der Waals surface area contributed by atoms with Gasteiger partial charge in [0.15, 0.2) is 0 Å². The van der Waals surface area contributed by atoms with Gasteiger partial charge in [-0.25, -0.2) is 0 Å². The molecular weight excluding hydrogens is 406 g/mol. The maximum absolute atomic E-state index is 13.1. The fourth-order valence-electron chi connectivity index (χ4n) is 4.45. The van der Waals surface area contributed by atoms with Gasteiger partial charge in [-0.2, -0.15) is 0 Å². The van der Waals surface area contributed by atoms with E-state index in [9.17, 15) is 9.59 Å². The molecule has 2 heterocycles. The molecule has 31 heavy (non-hydrogen) atoms. The van der Waals surface area contributed by atoms with E-state index < -0.39 is 0 Å². The largest absolute Gasteiger partial charge is 0.350 e. The molecule has 2 fully saturated rings. The van der Waals surface area contributed by atoms with Crippen molar-refractivity contribution >= 4 is 23.6 Å². The molecule has 2 saturated heterocycles. The Balaban J connectivity index is 1.40. The van der Waals surface area contributed by atoms with Gasteiger partial charge in [-0.3, -0.25) is 14.5 Å². The van der Waals surface area contributed by atoms with Gasteiger partial charge in [0.05, 0.1) is 17.4 Å². The third-order valence-corrected chi connectivity index (χ3v) is 7.22. The monoisotopic (exact) mass is 437 g/mol. The number of nitrogens with one attached hydrogen (secondary N) is 1. The van der Waals surface area contributed by atoms with E-state index in [0.717, 1.165) is 43.9 Å². The van der Waals surface area contributed by atoms with Gasteiger partial charge in [0.1, 0.15) is 0 Å². The highest BCUT2D eigenvalue weighted by atomic mass is 32.2. The van der Waals surface area contributed by atoms with E-state index >= 15 is 0 Å². The second-order valence-electron chi connectivity index (χ2n) is 8.25. The number of carbonyl (C=O) groups excluding carboxylic acids is 2. The summed E-state index contributed by atoms with van der Waals surface area (Å²) in [4.78, 5) is 30.8. The number of hydrogen-bond donors (Lipinski definition) is 1. The molecule has 0 bridgehead atoms. The SMILES string of the molecule is O=C(NCC(c1ccccc1)N1CCCC1)c1ccccc1SCC(=O)N1CCCC1. The van der Waals surface area contributed by atoms with E-state index in [1.807, 2.05) is 35.2 Å². The predicted octanol–water partition coefficient (Wildman–Crippen LogP) is 3.97. The summed E-state index contributed by atoms with van der Waals surface area (Å²) in [5.41, 5.74) is 1.89. The lowest BCUT2D eigenvalue weighted by atomic mass is 10.1. The molecule has 1 N–H and O–H groups in total. The van der Waals surface area contributed by atoms with Gasteiger partial charge in [-0.05, 0) is 56.5 Å². The minimum atomic E-state index is -0.0724. The maximum Gasteiger partial charge on any atom is 0.252 e. The summed E-state index contributed by atoms with van der Waals surface area (Å²) >= 11 is 1.46. The van der Waals surface area contributed by atoms with Gasteiger partial charge in [-0.15, -0.1) is 11.8 Å². The Hall–Kier alpha value is -2.31. The average Bonchev–Trinajstić information content (AvgIpc) is 3.53. The first kappa shape index (κ1) is 21.9. The Labute approximate surface area is 189 Å². The molecule has 0 radical (unpaired) electrons. The average molecular weight is 438 g/mol. The smallest absolute Gasteiger partial charge is 0.252 e. The van der Waals surface area contributed by atoms with Crippen LogP contribution < -0.4 is 5.32 Å². The van der Waals surface area contributed by atoms with E-state index in [2.05, 4.69) is 34.5 Å². The topological polar surface area (TPSA) is 52.7 Å². The molecule has 2 aliphatic heterocycles. The zero-order valence-corrected chi connectivity index (χ0v) is 18.8. The predicted molar refractivity (Wildman–Crippen MR) is 125 cm³/mol. The number of thioether (sulfide) groups is 1. The van der Waals surface area contributed by atoms with Crippen molar-refractivity contribution in [1.29, 1.82) is 0 Å². The lowest BCUT2D eigenvalue weighted by Gasteiger charge is -2.28. The molecule has 0 spiro atoms. The van der Waals surface area contributed by atoms with Crippen molar-refractivity contribution in [2.75, 3.05) is 38.5 Å². The number of carbonyl (C=O) groups is 2. The minimum Gasteiger partial charge on any atom is -0.350 e. The van der Waals surface area contributed by atoms with Crippen LogP contribution in [-0.2, 0) is 4.79 Å². The zero-order chi connectivity index (χ0) is 21.5. The molecular formula is C25H31N3O2S. The van der Waals surface area contributed by atoms with Gasteiger partial charge >= 0.3 is 0 Å². The summed E-state index contributed by atoms with van der Waals surface area (Å²) in [6.45, 7) is 4.44. The molecule has 0 aliphatic carbocycles. The Morgan fingerprint density at radius 3 is 2.26 bits per heavy atom. The highest BCUT2D eigenvalue weighted by Gasteiger charge is 2.24. The number of rotatable bonds is 8. The summed E-state index contributed by atoms with van der Waals surface area (Å²) in [6.07, 6.45) is 4.60. The van der Waals surface area contributed by atoms with Gasteiger partial charge in [-0.1, -0.05) is 42.5 Å². The van der Waals surface area contributed by atoms with Crippen molar-refractivity contribution in [2.24, 2.45) is 0 Å². The Morgan fingerprint density at radius 2 is 1.52 bits per heavy atom. The minimum absolute atomic E-state index is 0.0724. The summed E-state index contributed by atoms with van der Waals surface area (Å²) in [5, 5.41) is 3.17. The van der Waals surface area contributed by atoms with E-state index in [-0.39, 0.29) is 17.9 Å². The van der Waals surface area contributed by atoms with Crippen molar-refractivity contribution in [3.8, 4) is 0 Å². The number of likely N-dealkylation sites (tertiary alicyclic amines) is 2. The molecule has 0 saturated carbocycles. The first-order valence-electron chi connectivity index (χ1n) is 11.3. The second kappa shape index (κ2) is 10.8. The van der Waals surface area contributed by atoms with Crippen LogP contribution in [0, 0.1) is 0 Å². The second-order valence-corrected chi connectivity index (χ2v) is 9.27. The van der Waals surface area contributed by atoms with Crippen LogP contribution in [0.15, 0.2) is 59.5 Å². The maximum atomic E-state index is 13.1. The standard InChI is InChI=1S/C25H31N3O2S/c29-24(28-16-8-9-17-28)19-31-23-13-5-4-12-21(23)25(30)26-18-22(27-14-6-7-15-27)20-10-2-1-3-11-20/h1-5,10-13,22H,6-9,14-19H2,(H,26,30). The van der Waals surface area contributed by atoms with E-state index in [0.29, 0.717) is 17.9 Å². The third kappa shape index (κ3) is 5.69. The van der Waals surface area contributed by atoms with Crippen LogP contribution in [0.5, 0.6) is 0 Å². The van der Waals surface area contributed by atoms with Crippen LogP contribution in [-0.4, -0.2) is 60.1 Å². The summed E-state index contributed by atoms with van der Waals surface area (Å²) in [6, 6.07) is 18.2. The molecule has 2 aromatic carbocycles. The van der Waals surface area contributed by atoms with Crippen LogP contribution in [0.2, 0.25) is 0 Å². The van der Waals surface area contributed by atoms with Crippen molar-refractivity contribution in [3.05, 3.63) is 65.7 Å². The highest BCUT2D eigenvalue weighted by Crippen LogP contribution is 2.26. The molecule has 1 atom stereocenters. The van der Waals surface area contributed by atoms with Crippen LogP contribution >= 0.6 is 11.8 Å². The Morgan fingerprint density at radius 1 is 0.871 bits per heavy atom. The van der Waals surface area contributed by atoms with Gasteiger partial charge in [0, 0.05) is 24.5 Å². The van der Waals surface area contributed by atoms with Gasteiger partial charge in [0.25, 0.3) is 5.91 Å². The molecule has 2 aromatic rings. The number of amides is 2. The van der Waals surface area contributed by atoms with Crippen molar-refractivity contribution in [2.45, 2.75) is 36.6 Å². The fourth-order valence-corrected chi connectivity index (χ4v) is 5.40. The lowest BCUT2D eigenvalue weighted by Crippen LogP contribution is -2.37. The Kier molecular flexibility index (Phi) is 7.65. The number of benzene rings is 2. The van der Waals surface area contributed by atoms with E-state index in [4.69, 9.17) is 0 Å². The lowest BCUT2D eigenvalue weighted by molar-refractivity contribution is -0.127. The molecule has 164 valence electrons. The van der Waals surface area contributed by atoms with Crippen LogP contribution in [0.1, 0.15) is 47.6 Å². The molecule has 2 aliphatic rings. The van der Waals surface area contributed by atoms with Crippen molar-refractivity contribution < 1.29 is 9.59 Å². The quantitative estimate of drug-likeness (QED) is 0.635. The number of nitrogens with zero attached hydrogens (tertiary/aromatic N) is 2. The summed E-state index contributed by atoms with van der Waals surface area (Å²) in [7, 11) is 0. The van der Waals surface area contributed by atoms with Gasteiger partial charge in [0.2, 0.25) is 5.91 Å². The fraction of sp³-hybridized carbons (Fsp3) is 0.440. The van der Waals surface area contributed by atoms with E-state index in [1.165, 1.54) is 30.2 Å². The van der Waals surface area contributed by atoms with Gasteiger partial charge < -0.3 is 10.2 Å². The summed E-state index contributed by atoms with van der Waals surface area (Å²) in [5.74, 6) is 0.470. The van der Waals surface area contributed by atoms with Crippen LogP contribution in [0.25, 0.3) is 0 Å². The zero-order valence-electron chi connectivity index (χ0n) is 18.0. The van der Waals surface area contributed by atoms with E-state index in [1.54, 1.807) is 0 Å². The third-order valence-electron chi connectivity index (χ3n) is 6.16. The van der Waals surface area contributed by atoms with Crippen LogP contribution in [0.4, 0.5) is 0 Å². The Bertz CT molecular complexity index is 877. The molecule has 6 heteroatoms. The molecule has 0 aromatic heterocycles. The highest BCUT2D eigenvalue weighted by molar-refractivity contribution is 8.00. The molecule has 2 amide bonds. The molecule has 5 nitrogen and oxygen atoms in total. The normalized spacial score (nSPS) is 17.6. The van der Waals surface area contributed by atoms with Crippen molar-refractivity contribution in [1.82, 2.24) is 15.1 Å². The molecule has 1 unspecified atom stereocenters. The van der Waals surface area contributed by atoms with Crippen LogP contribution in [0.3, 0.4) is 0 Å². The number of hydrogen-bond acceptors (Lipinski definition) is 4. The summed E-state index contributed by atoms with van der Waals surface area (Å²) < 4.78 is 0. The molecule has 4 rings (SSSR count). The first-order chi connectivity index (χ1) is 15.2. The first-order valence-corrected chi connectivity index (χ1v) is 12.3.